The van der Waals surface area contributed by atoms with Gasteiger partial charge in [0, 0.05) is 18.0 Å². The second kappa shape index (κ2) is 10.5. The number of hydrogen-bond acceptors (Lipinski definition) is 7. The van der Waals surface area contributed by atoms with E-state index in [9.17, 15) is 14.4 Å². The van der Waals surface area contributed by atoms with E-state index < -0.39 is 0 Å². The lowest BCUT2D eigenvalue weighted by Crippen LogP contribution is -2.23. The monoisotopic (exact) mass is 507 g/mol. The molecule has 0 spiro atoms. The number of hydrogen-bond donors (Lipinski definition) is 2. The molecule has 0 saturated heterocycles. The minimum atomic E-state index is -0.385. The minimum Gasteiger partial charge on any atom is -0.493 e. The number of thiazole rings is 1. The summed E-state index contributed by atoms with van der Waals surface area (Å²) in [4.78, 5) is 42.7. The number of amides is 2. The first kappa shape index (κ1) is 24.7. The van der Waals surface area contributed by atoms with Gasteiger partial charge in [0.15, 0.2) is 16.6 Å². The third-order valence-electron chi connectivity index (χ3n) is 5.58. The first-order chi connectivity index (χ1) is 17.3. The molecular formula is C25H25N5O5S. The van der Waals surface area contributed by atoms with Gasteiger partial charge in [0.2, 0.25) is 5.91 Å². The molecule has 0 atom stereocenters. The Kier molecular flexibility index (Phi) is 7.20. The number of rotatable bonds is 8. The number of ether oxygens (including phenoxy) is 2. The molecule has 4 rings (SSSR count). The number of aromatic nitrogens is 3. The Morgan fingerprint density at radius 3 is 2.44 bits per heavy atom. The molecule has 0 aliphatic carbocycles. The molecule has 4 aromatic rings. The molecule has 0 fully saturated rings. The molecule has 10 nitrogen and oxygen atoms in total. The van der Waals surface area contributed by atoms with Gasteiger partial charge in [0.05, 0.1) is 37.7 Å². The summed E-state index contributed by atoms with van der Waals surface area (Å²) in [5.74, 6) is 0.191. The largest absolute Gasteiger partial charge is 0.493 e. The molecule has 0 saturated carbocycles. The smallest absolute Gasteiger partial charge is 0.295 e. The maximum absolute atomic E-state index is 13.0. The summed E-state index contributed by atoms with van der Waals surface area (Å²) in [5, 5.41) is 7.47. The normalized spacial score (nSPS) is 10.7. The summed E-state index contributed by atoms with van der Waals surface area (Å²) in [5.41, 5.74) is 2.05. The van der Waals surface area contributed by atoms with E-state index in [0.717, 1.165) is 0 Å². The number of carbonyl (C=O) groups is 2. The Bertz CT molecular complexity index is 1470. The van der Waals surface area contributed by atoms with Crippen molar-refractivity contribution < 1.29 is 19.1 Å². The number of para-hydroxylation sites is 1. The average molecular weight is 508 g/mol. The van der Waals surface area contributed by atoms with Crippen LogP contribution in [0.5, 0.6) is 11.5 Å². The number of carbonyl (C=O) groups excluding carboxylic acids is 2. The average Bonchev–Trinajstić information content (AvgIpc) is 3.40. The Morgan fingerprint density at radius 1 is 1.03 bits per heavy atom. The van der Waals surface area contributed by atoms with Crippen molar-refractivity contribution in [1.29, 1.82) is 0 Å². The molecule has 2 N–H and O–H groups in total. The fraction of sp³-hybridized carbons (Fsp3) is 0.200. The van der Waals surface area contributed by atoms with E-state index in [0.29, 0.717) is 39.3 Å². The van der Waals surface area contributed by atoms with Crippen molar-refractivity contribution in [3.63, 3.8) is 0 Å². The predicted molar refractivity (Wildman–Crippen MR) is 138 cm³/mol. The maximum atomic E-state index is 13.0. The van der Waals surface area contributed by atoms with Gasteiger partial charge in [-0.1, -0.05) is 18.2 Å². The van der Waals surface area contributed by atoms with Crippen molar-refractivity contribution in [2.24, 2.45) is 7.05 Å². The zero-order valence-corrected chi connectivity index (χ0v) is 21.0. The van der Waals surface area contributed by atoms with E-state index in [1.165, 1.54) is 30.2 Å². The maximum Gasteiger partial charge on any atom is 0.295 e. The zero-order valence-electron chi connectivity index (χ0n) is 20.2. The SMILES string of the molecule is COc1ccc(C(=O)Nc2nc(CC(=O)Nc3c(C)n(C)n(-c4ccccc4)c3=O)cs2)cc1OC. The van der Waals surface area contributed by atoms with Crippen LogP contribution in [-0.2, 0) is 18.3 Å². The summed E-state index contributed by atoms with van der Waals surface area (Å²) in [6.45, 7) is 1.76. The first-order valence-electron chi connectivity index (χ1n) is 10.9. The highest BCUT2D eigenvalue weighted by molar-refractivity contribution is 7.14. The van der Waals surface area contributed by atoms with Gasteiger partial charge < -0.3 is 14.8 Å². The molecule has 36 heavy (non-hydrogen) atoms. The van der Waals surface area contributed by atoms with Gasteiger partial charge in [-0.25, -0.2) is 9.67 Å². The Hall–Kier alpha value is -4.38. The van der Waals surface area contributed by atoms with Crippen LogP contribution in [0.1, 0.15) is 21.7 Å². The zero-order chi connectivity index (χ0) is 25.8. The minimum absolute atomic E-state index is 0.0537. The lowest BCUT2D eigenvalue weighted by Gasteiger charge is -2.09. The fourth-order valence-electron chi connectivity index (χ4n) is 3.65. The highest BCUT2D eigenvalue weighted by atomic mass is 32.1. The van der Waals surface area contributed by atoms with Crippen LogP contribution in [0.4, 0.5) is 10.8 Å². The Labute approximate surface area is 211 Å². The lowest BCUT2D eigenvalue weighted by atomic mass is 10.2. The standard InChI is InChI=1S/C25H25N5O5S/c1-15-22(24(33)30(29(15)2)18-8-6-5-7-9-18)27-21(31)13-17-14-36-25(26-17)28-23(32)16-10-11-19(34-3)20(12-16)35-4/h5-12,14H,13H2,1-4H3,(H,27,31)(H,26,28,32). The summed E-state index contributed by atoms with van der Waals surface area (Å²) in [6.07, 6.45) is -0.0537. The molecule has 2 aromatic carbocycles. The van der Waals surface area contributed by atoms with Crippen LogP contribution in [0.25, 0.3) is 5.69 Å². The highest BCUT2D eigenvalue weighted by Gasteiger charge is 2.19. The topological polar surface area (TPSA) is 116 Å². The van der Waals surface area contributed by atoms with Crippen LogP contribution >= 0.6 is 11.3 Å². The van der Waals surface area contributed by atoms with E-state index >= 15 is 0 Å². The number of methoxy groups -OCH3 is 2. The summed E-state index contributed by atoms with van der Waals surface area (Å²) in [6, 6.07) is 14.0. The van der Waals surface area contributed by atoms with Crippen molar-refractivity contribution in [3.05, 3.63) is 81.2 Å². The highest BCUT2D eigenvalue weighted by Crippen LogP contribution is 2.28. The lowest BCUT2D eigenvalue weighted by molar-refractivity contribution is -0.115. The van der Waals surface area contributed by atoms with Crippen LogP contribution in [-0.4, -0.2) is 40.4 Å². The summed E-state index contributed by atoms with van der Waals surface area (Å²) < 4.78 is 13.6. The van der Waals surface area contributed by atoms with Crippen LogP contribution in [0.15, 0.2) is 58.7 Å². The molecule has 0 unspecified atom stereocenters. The molecule has 0 radical (unpaired) electrons. The molecule has 2 aromatic heterocycles. The van der Waals surface area contributed by atoms with Crippen LogP contribution in [0.2, 0.25) is 0 Å². The Balaban J connectivity index is 1.43. The van der Waals surface area contributed by atoms with E-state index in [1.807, 2.05) is 30.3 Å². The van der Waals surface area contributed by atoms with Crippen LogP contribution < -0.4 is 25.7 Å². The summed E-state index contributed by atoms with van der Waals surface area (Å²) in [7, 11) is 4.77. The predicted octanol–water partition coefficient (Wildman–Crippen LogP) is 3.39. The molecule has 2 heterocycles. The number of nitrogens with one attached hydrogen (secondary N) is 2. The van der Waals surface area contributed by atoms with Crippen LogP contribution in [0.3, 0.4) is 0 Å². The van der Waals surface area contributed by atoms with Gasteiger partial charge in [-0.2, -0.15) is 0 Å². The second-order valence-corrected chi connectivity index (χ2v) is 8.69. The third-order valence-corrected chi connectivity index (χ3v) is 6.38. The molecule has 2 amide bonds. The summed E-state index contributed by atoms with van der Waals surface area (Å²) >= 11 is 1.20. The fourth-order valence-corrected chi connectivity index (χ4v) is 4.36. The third kappa shape index (κ3) is 5.01. The van der Waals surface area contributed by atoms with Gasteiger partial charge in [-0.05, 0) is 37.3 Å². The van der Waals surface area contributed by atoms with Crippen molar-refractivity contribution in [2.75, 3.05) is 24.9 Å². The van der Waals surface area contributed by atoms with Gasteiger partial charge in [0.25, 0.3) is 11.5 Å². The van der Waals surface area contributed by atoms with Crippen molar-refractivity contribution in [3.8, 4) is 17.2 Å². The van der Waals surface area contributed by atoms with E-state index in [4.69, 9.17) is 9.47 Å². The number of nitrogens with zero attached hydrogens (tertiary/aromatic N) is 3. The first-order valence-corrected chi connectivity index (χ1v) is 11.8. The molecule has 11 heteroatoms. The van der Waals surface area contributed by atoms with Gasteiger partial charge in [-0.15, -0.1) is 11.3 Å². The molecular weight excluding hydrogens is 482 g/mol. The van der Waals surface area contributed by atoms with Crippen LogP contribution in [0, 0.1) is 6.92 Å². The quantitative estimate of drug-likeness (QED) is 0.378. The molecule has 186 valence electrons. The van der Waals surface area contributed by atoms with Gasteiger partial charge in [-0.3, -0.25) is 24.4 Å². The van der Waals surface area contributed by atoms with Gasteiger partial charge >= 0.3 is 0 Å². The van der Waals surface area contributed by atoms with E-state index in [1.54, 1.807) is 42.2 Å². The van der Waals surface area contributed by atoms with E-state index in [2.05, 4.69) is 15.6 Å². The Morgan fingerprint density at radius 2 is 1.75 bits per heavy atom. The van der Waals surface area contributed by atoms with Crippen molar-refractivity contribution in [1.82, 2.24) is 14.3 Å². The molecule has 0 aliphatic heterocycles. The molecule has 0 aliphatic rings. The molecule has 0 bridgehead atoms. The second-order valence-electron chi connectivity index (χ2n) is 7.83. The van der Waals surface area contributed by atoms with Gasteiger partial charge in [0.1, 0.15) is 5.69 Å². The van der Waals surface area contributed by atoms with Crippen molar-refractivity contribution in [2.45, 2.75) is 13.3 Å². The number of benzene rings is 2. The number of anilines is 2. The van der Waals surface area contributed by atoms with E-state index in [-0.39, 0.29) is 29.5 Å². The van der Waals surface area contributed by atoms with Crippen molar-refractivity contribution >= 4 is 34.0 Å².